The number of rotatable bonds is 6. The van der Waals surface area contributed by atoms with Gasteiger partial charge in [-0.2, -0.15) is 0 Å². The Morgan fingerprint density at radius 3 is 2.39 bits per heavy atom. The highest BCUT2D eigenvalue weighted by Gasteiger charge is 2.24. The molecule has 0 saturated heterocycles. The molecule has 0 spiro atoms. The van der Waals surface area contributed by atoms with Gasteiger partial charge >= 0.3 is 0 Å². The molecule has 0 saturated carbocycles. The summed E-state index contributed by atoms with van der Waals surface area (Å²) in [6.07, 6.45) is 0. The number of nitrogen functional groups attached to an aromatic ring is 1. The van der Waals surface area contributed by atoms with E-state index in [0.29, 0.717) is 28.6 Å². The number of methoxy groups -OCH3 is 3. The molecule has 2 heterocycles. The Morgan fingerprint density at radius 1 is 1.00 bits per heavy atom. The van der Waals surface area contributed by atoms with Gasteiger partial charge in [0.1, 0.15) is 11.3 Å². The predicted molar refractivity (Wildman–Crippen MR) is 116 cm³/mol. The number of anilines is 2. The summed E-state index contributed by atoms with van der Waals surface area (Å²) < 4.78 is 21.1. The molecule has 0 aliphatic rings. The Morgan fingerprint density at radius 2 is 1.71 bits per heavy atom. The first-order valence-electron chi connectivity index (χ1n) is 9.28. The molecule has 0 aliphatic heterocycles. The summed E-state index contributed by atoms with van der Waals surface area (Å²) >= 11 is 0. The quantitative estimate of drug-likeness (QED) is 0.484. The molecule has 0 unspecified atom stereocenters. The lowest BCUT2D eigenvalue weighted by atomic mass is 10.1. The number of hydrogen-bond acceptors (Lipinski definition) is 8. The molecule has 158 valence electrons. The number of benzene rings is 2. The molecule has 2 aromatic carbocycles. The van der Waals surface area contributed by atoms with Crippen LogP contribution in [0, 0.1) is 0 Å². The molecule has 4 rings (SSSR count). The number of nitrogens with two attached hydrogens (primary N) is 1. The van der Waals surface area contributed by atoms with Gasteiger partial charge in [-0.1, -0.05) is 29.4 Å². The summed E-state index contributed by atoms with van der Waals surface area (Å²) in [6, 6.07) is 14.5. The molecular formula is C22H20N4O5. The minimum absolute atomic E-state index is 0.0801. The molecule has 0 fully saturated rings. The molecule has 9 heteroatoms. The van der Waals surface area contributed by atoms with Crippen molar-refractivity contribution in [3.05, 3.63) is 54.1 Å². The van der Waals surface area contributed by atoms with E-state index >= 15 is 0 Å². The van der Waals surface area contributed by atoms with E-state index in [1.807, 2.05) is 30.3 Å². The number of carbonyl (C=O) groups is 1. The molecule has 0 radical (unpaired) electrons. The third kappa shape index (κ3) is 3.68. The van der Waals surface area contributed by atoms with Crippen LogP contribution in [0.3, 0.4) is 0 Å². The van der Waals surface area contributed by atoms with Gasteiger partial charge < -0.3 is 29.8 Å². The van der Waals surface area contributed by atoms with Gasteiger partial charge in [0, 0.05) is 23.2 Å². The molecule has 3 N–H and O–H groups in total. The fourth-order valence-corrected chi connectivity index (χ4v) is 3.24. The van der Waals surface area contributed by atoms with Gasteiger partial charge in [-0.15, -0.1) is 0 Å². The van der Waals surface area contributed by atoms with E-state index in [0.717, 1.165) is 10.9 Å². The number of ether oxygens (including phenoxy) is 3. The Labute approximate surface area is 177 Å². The van der Waals surface area contributed by atoms with Crippen LogP contribution in [0.2, 0.25) is 0 Å². The van der Waals surface area contributed by atoms with Crippen LogP contribution >= 0.6 is 0 Å². The number of aromatic nitrogens is 2. The zero-order chi connectivity index (χ0) is 22.0. The Kier molecular flexibility index (Phi) is 5.31. The van der Waals surface area contributed by atoms with Crippen molar-refractivity contribution < 1.29 is 23.5 Å². The first-order valence-corrected chi connectivity index (χ1v) is 9.28. The first kappa shape index (κ1) is 20.0. The number of hydrogen-bond donors (Lipinski definition) is 2. The van der Waals surface area contributed by atoms with Crippen LogP contribution in [0.25, 0.3) is 22.3 Å². The number of nitrogens with one attached hydrogen (secondary N) is 1. The minimum atomic E-state index is -0.516. The van der Waals surface area contributed by atoms with Crippen LogP contribution in [-0.4, -0.2) is 37.4 Å². The zero-order valence-electron chi connectivity index (χ0n) is 17.1. The minimum Gasteiger partial charge on any atom is -0.493 e. The van der Waals surface area contributed by atoms with Gasteiger partial charge in [-0.25, -0.2) is 4.98 Å². The number of fused-ring (bicyclic) bond motifs is 1. The molecule has 4 aromatic rings. The smallest absolute Gasteiger partial charge is 0.263 e. The van der Waals surface area contributed by atoms with Crippen molar-refractivity contribution in [2.45, 2.75) is 0 Å². The summed E-state index contributed by atoms with van der Waals surface area (Å²) in [6.45, 7) is 0. The standard InChI is InChI=1S/C22H20N4O5/c1-28-16-10-13(11-17(29-2)20(16)30-3)24-22(27)18-19(26-31-21(18)23)15-9-8-12-6-4-5-7-14(12)25-15/h4-11H,23H2,1-3H3,(H,24,27). The second-order valence-corrected chi connectivity index (χ2v) is 6.53. The highest BCUT2D eigenvalue weighted by Crippen LogP contribution is 2.40. The van der Waals surface area contributed by atoms with Gasteiger partial charge in [0.25, 0.3) is 5.91 Å². The molecule has 0 atom stereocenters. The van der Waals surface area contributed by atoms with Crippen molar-refractivity contribution in [2.24, 2.45) is 0 Å². The van der Waals surface area contributed by atoms with Gasteiger partial charge in [0.05, 0.1) is 32.5 Å². The topological polar surface area (TPSA) is 122 Å². The van der Waals surface area contributed by atoms with E-state index in [1.54, 1.807) is 18.2 Å². The van der Waals surface area contributed by atoms with Crippen molar-refractivity contribution >= 4 is 28.4 Å². The van der Waals surface area contributed by atoms with Crippen molar-refractivity contribution in [3.8, 4) is 28.6 Å². The van der Waals surface area contributed by atoms with Crippen molar-refractivity contribution in [1.29, 1.82) is 0 Å². The van der Waals surface area contributed by atoms with E-state index in [-0.39, 0.29) is 17.1 Å². The highest BCUT2D eigenvalue weighted by atomic mass is 16.5. The number of nitrogens with zero attached hydrogens (tertiary/aromatic N) is 2. The average molecular weight is 420 g/mol. The largest absolute Gasteiger partial charge is 0.493 e. The Hall–Kier alpha value is -4.27. The molecular weight excluding hydrogens is 400 g/mol. The fraction of sp³-hybridized carbons (Fsp3) is 0.136. The van der Waals surface area contributed by atoms with Gasteiger partial charge in [0.2, 0.25) is 11.6 Å². The van der Waals surface area contributed by atoms with Crippen LogP contribution < -0.4 is 25.3 Å². The summed E-state index contributed by atoms with van der Waals surface area (Å²) in [5.74, 6) is 0.570. The number of pyridine rings is 1. The Balaban J connectivity index is 1.71. The number of carbonyl (C=O) groups excluding carboxylic acids is 1. The maximum Gasteiger partial charge on any atom is 0.263 e. The van der Waals surface area contributed by atoms with Gasteiger partial charge in [-0.05, 0) is 12.1 Å². The number of amides is 1. The van der Waals surface area contributed by atoms with Gasteiger partial charge in [-0.3, -0.25) is 4.79 Å². The molecule has 0 bridgehead atoms. The first-order chi connectivity index (χ1) is 15.0. The lowest BCUT2D eigenvalue weighted by Crippen LogP contribution is -2.14. The van der Waals surface area contributed by atoms with E-state index in [1.165, 1.54) is 21.3 Å². The fourth-order valence-electron chi connectivity index (χ4n) is 3.24. The van der Waals surface area contributed by atoms with Crippen LogP contribution in [-0.2, 0) is 0 Å². The normalized spacial score (nSPS) is 10.7. The molecule has 1 amide bonds. The van der Waals surface area contributed by atoms with Crippen LogP contribution in [0.1, 0.15) is 10.4 Å². The maximum absolute atomic E-state index is 13.1. The number of para-hydroxylation sites is 1. The lowest BCUT2D eigenvalue weighted by Gasteiger charge is -2.14. The molecule has 2 aromatic heterocycles. The monoisotopic (exact) mass is 420 g/mol. The average Bonchev–Trinajstić information content (AvgIpc) is 3.19. The summed E-state index contributed by atoms with van der Waals surface area (Å²) in [7, 11) is 4.48. The van der Waals surface area contributed by atoms with Gasteiger partial charge in [0.15, 0.2) is 11.5 Å². The van der Waals surface area contributed by atoms with Crippen molar-refractivity contribution in [2.75, 3.05) is 32.4 Å². The molecule has 31 heavy (non-hydrogen) atoms. The highest BCUT2D eigenvalue weighted by molar-refractivity contribution is 6.11. The van der Waals surface area contributed by atoms with Crippen molar-refractivity contribution in [3.63, 3.8) is 0 Å². The summed E-state index contributed by atoms with van der Waals surface area (Å²) in [4.78, 5) is 17.6. The van der Waals surface area contributed by atoms with E-state index in [9.17, 15) is 4.79 Å². The van der Waals surface area contributed by atoms with Crippen LogP contribution in [0.15, 0.2) is 53.1 Å². The predicted octanol–water partition coefficient (Wildman–Crippen LogP) is 3.75. The van der Waals surface area contributed by atoms with Crippen molar-refractivity contribution in [1.82, 2.24) is 10.1 Å². The molecule has 0 aliphatic carbocycles. The van der Waals surface area contributed by atoms with E-state index in [2.05, 4.69) is 15.5 Å². The second kappa shape index (κ2) is 8.23. The third-order valence-electron chi connectivity index (χ3n) is 4.71. The third-order valence-corrected chi connectivity index (χ3v) is 4.71. The van der Waals surface area contributed by atoms with E-state index < -0.39 is 5.91 Å². The van der Waals surface area contributed by atoms with E-state index in [4.69, 9.17) is 24.5 Å². The Bertz CT molecular complexity index is 1240. The molecule has 9 nitrogen and oxygen atoms in total. The maximum atomic E-state index is 13.1. The summed E-state index contributed by atoms with van der Waals surface area (Å²) in [5.41, 5.74) is 7.88. The lowest BCUT2D eigenvalue weighted by molar-refractivity contribution is 0.102. The SMILES string of the molecule is COc1cc(NC(=O)c2c(-c3ccc4ccccc4n3)noc2N)cc(OC)c1OC. The second-order valence-electron chi connectivity index (χ2n) is 6.53. The van der Waals surface area contributed by atoms with Crippen LogP contribution in [0.5, 0.6) is 17.2 Å². The zero-order valence-corrected chi connectivity index (χ0v) is 17.1. The summed E-state index contributed by atoms with van der Waals surface area (Å²) in [5, 5.41) is 7.69. The van der Waals surface area contributed by atoms with Crippen LogP contribution in [0.4, 0.5) is 11.6 Å².